The number of rotatable bonds is 12. The standard InChI is InChI=1S/C22H40N4O2Si/c1-20(2,16-23)12-10-18(27)25-14-9-15-29(7,8)22(5,6)26-19(28)11-13-21(3,4)17-24/h9-15H2,1-8H3,(H,25,27)(H,26,28). The maximum Gasteiger partial charge on any atom is 0.220 e. The smallest absolute Gasteiger partial charge is 0.220 e. The highest BCUT2D eigenvalue weighted by atomic mass is 28.3. The highest BCUT2D eigenvalue weighted by Crippen LogP contribution is 2.27. The minimum Gasteiger partial charge on any atom is -0.356 e. The fourth-order valence-corrected chi connectivity index (χ4v) is 4.87. The average Bonchev–Trinajstić information content (AvgIpc) is 2.61. The quantitative estimate of drug-likeness (QED) is 0.363. The van der Waals surface area contributed by atoms with E-state index in [9.17, 15) is 9.59 Å². The van der Waals surface area contributed by atoms with Crippen molar-refractivity contribution in [3.05, 3.63) is 0 Å². The first kappa shape index (κ1) is 27.1. The van der Waals surface area contributed by atoms with Gasteiger partial charge in [0.2, 0.25) is 11.8 Å². The number of nitrogens with one attached hydrogen (secondary N) is 2. The zero-order chi connectivity index (χ0) is 22.9. The summed E-state index contributed by atoms with van der Waals surface area (Å²) < 4.78 is 0. The molecule has 0 rings (SSSR count). The van der Waals surface area contributed by atoms with Crippen LogP contribution in [0.15, 0.2) is 0 Å². The molecule has 0 fully saturated rings. The normalized spacial score (nSPS) is 12.6. The molecule has 164 valence electrons. The number of nitrogens with zero attached hydrogens (tertiary/aromatic N) is 2. The summed E-state index contributed by atoms with van der Waals surface area (Å²) in [6, 6.07) is 5.42. The van der Waals surface area contributed by atoms with E-state index in [-0.39, 0.29) is 17.0 Å². The molecule has 2 amide bonds. The van der Waals surface area contributed by atoms with Crippen LogP contribution in [-0.4, -0.2) is 31.6 Å². The SMILES string of the molecule is CC(C)(C#N)CCC(=O)NCCC[Si](C)(C)C(C)(C)NC(=O)CCC(C)(C)C#N. The van der Waals surface area contributed by atoms with Gasteiger partial charge in [-0.2, -0.15) is 10.5 Å². The van der Waals surface area contributed by atoms with E-state index in [1.54, 1.807) is 0 Å². The maximum atomic E-state index is 12.4. The summed E-state index contributed by atoms with van der Waals surface area (Å²) in [6.07, 6.45) is 2.68. The number of hydrogen-bond donors (Lipinski definition) is 2. The van der Waals surface area contributed by atoms with Gasteiger partial charge in [-0.1, -0.05) is 19.1 Å². The molecule has 0 saturated carbocycles. The van der Waals surface area contributed by atoms with E-state index >= 15 is 0 Å². The predicted molar refractivity (Wildman–Crippen MR) is 119 cm³/mol. The molecule has 6 nitrogen and oxygen atoms in total. The van der Waals surface area contributed by atoms with Crippen LogP contribution >= 0.6 is 0 Å². The number of nitriles is 2. The topological polar surface area (TPSA) is 106 Å². The number of carbonyl (C=O) groups excluding carboxylic acids is 2. The van der Waals surface area contributed by atoms with Gasteiger partial charge in [-0.05, 0) is 60.8 Å². The van der Waals surface area contributed by atoms with E-state index in [1.165, 1.54) is 0 Å². The first-order chi connectivity index (χ1) is 13.1. The lowest BCUT2D eigenvalue weighted by Crippen LogP contribution is -2.61. The summed E-state index contributed by atoms with van der Waals surface area (Å²) in [5.74, 6) is -0.0206. The van der Waals surface area contributed by atoms with Gasteiger partial charge in [0.15, 0.2) is 0 Å². The van der Waals surface area contributed by atoms with Gasteiger partial charge < -0.3 is 10.6 Å². The highest BCUT2D eigenvalue weighted by Gasteiger charge is 2.39. The van der Waals surface area contributed by atoms with Crippen molar-refractivity contribution in [1.82, 2.24) is 10.6 Å². The van der Waals surface area contributed by atoms with Crippen LogP contribution in [0, 0.1) is 33.5 Å². The van der Waals surface area contributed by atoms with Gasteiger partial charge in [-0.3, -0.25) is 9.59 Å². The molecule has 0 atom stereocenters. The summed E-state index contributed by atoms with van der Waals surface area (Å²) in [5.41, 5.74) is -0.966. The third-order valence-corrected chi connectivity index (χ3v) is 11.1. The Balaban J connectivity index is 4.43. The van der Waals surface area contributed by atoms with Gasteiger partial charge in [-0.15, -0.1) is 0 Å². The van der Waals surface area contributed by atoms with Gasteiger partial charge in [0, 0.05) is 24.5 Å². The minimum atomic E-state index is -1.79. The summed E-state index contributed by atoms with van der Waals surface area (Å²) in [4.78, 5) is 24.3. The van der Waals surface area contributed by atoms with Crippen molar-refractivity contribution in [3.63, 3.8) is 0 Å². The van der Waals surface area contributed by atoms with E-state index in [2.05, 4.69) is 49.7 Å². The van der Waals surface area contributed by atoms with E-state index in [0.29, 0.717) is 32.2 Å². The zero-order valence-corrected chi connectivity index (χ0v) is 20.7. The molecule has 7 heteroatoms. The molecule has 0 aliphatic rings. The van der Waals surface area contributed by atoms with Gasteiger partial charge >= 0.3 is 0 Å². The molecule has 0 radical (unpaired) electrons. The van der Waals surface area contributed by atoms with Crippen molar-refractivity contribution in [1.29, 1.82) is 10.5 Å². The van der Waals surface area contributed by atoms with Crippen molar-refractivity contribution in [3.8, 4) is 12.1 Å². The van der Waals surface area contributed by atoms with Gasteiger partial charge in [0.25, 0.3) is 0 Å². The van der Waals surface area contributed by atoms with E-state index in [1.807, 2.05) is 27.7 Å². The number of amides is 2. The molecule has 29 heavy (non-hydrogen) atoms. The molecular weight excluding hydrogens is 380 g/mol. The molecule has 0 aromatic heterocycles. The Labute approximate surface area is 178 Å². The number of carbonyl (C=O) groups is 2. The van der Waals surface area contributed by atoms with Crippen LogP contribution in [0.3, 0.4) is 0 Å². The Morgan fingerprint density at radius 3 is 1.76 bits per heavy atom. The van der Waals surface area contributed by atoms with Gasteiger partial charge in [-0.25, -0.2) is 0 Å². The van der Waals surface area contributed by atoms with Crippen LogP contribution in [0.4, 0.5) is 0 Å². The molecule has 0 saturated heterocycles. The molecule has 2 N–H and O–H groups in total. The molecule has 0 aliphatic heterocycles. The Morgan fingerprint density at radius 1 is 0.862 bits per heavy atom. The second-order valence-electron chi connectivity index (χ2n) is 10.5. The molecule has 0 aromatic rings. The van der Waals surface area contributed by atoms with Crippen LogP contribution in [-0.2, 0) is 9.59 Å². The summed E-state index contributed by atoms with van der Waals surface area (Å²) in [7, 11) is -1.79. The van der Waals surface area contributed by atoms with Crippen LogP contribution in [0.1, 0.15) is 73.6 Å². The van der Waals surface area contributed by atoms with Crippen molar-refractivity contribution >= 4 is 19.9 Å². The second kappa shape index (κ2) is 10.8. The van der Waals surface area contributed by atoms with Crippen molar-refractivity contribution in [2.24, 2.45) is 10.8 Å². The lowest BCUT2D eigenvalue weighted by Gasteiger charge is -2.41. The molecule has 0 unspecified atom stereocenters. The molecule has 0 aromatic carbocycles. The van der Waals surface area contributed by atoms with Gasteiger partial charge in [0.05, 0.1) is 31.0 Å². The van der Waals surface area contributed by atoms with E-state index < -0.39 is 18.9 Å². The molecule has 0 spiro atoms. The fraction of sp³-hybridized carbons (Fsp3) is 0.818. The summed E-state index contributed by atoms with van der Waals surface area (Å²) in [5, 5.41) is 24.0. The molecule has 0 aliphatic carbocycles. The second-order valence-corrected chi connectivity index (χ2v) is 16.0. The maximum absolute atomic E-state index is 12.4. The monoisotopic (exact) mass is 420 g/mol. The van der Waals surface area contributed by atoms with Crippen molar-refractivity contribution in [2.75, 3.05) is 6.54 Å². The fourth-order valence-electron chi connectivity index (χ4n) is 2.70. The molecular formula is C22H40N4O2Si. The zero-order valence-electron chi connectivity index (χ0n) is 19.7. The van der Waals surface area contributed by atoms with Crippen LogP contribution in [0.25, 0.3) is 0 Å². The lowest BCUT2D eigenvalue weighted by molar-refractivity contribution is -0.122. The van der Waals surface area contributed by atoms with E-state index in [0.717, 1.165) is 12.5 Å². The Hall–Kier alpha value is -1.86. The number of hydrogen-bond acceptors (Lipinski definition) is 4. The Kier molecular flexibility index (Phi) is 10.1. The first-order valence-corrected chi connectivity index (χ1v) is 13.7. The minimum absolute atomic E-state index is 0.00712. The van der Waals surface area contributed by atoms with Crippen LogP contribution in [0.2, 0.25) is 19.1 Å². The van der Waals surface area contributed by atoms with E-state index in [4.69, 9.17) is 10.5 Å². The third kappa shape index (κ3) is 10.5. The van der Waals surface area contributed by atoms with Crippen molar-refractivity contribution < 1.29 is 9.59 Å². The Morgan fingerprint density at radius 2 is 1.31 bits per heavy atom. The third-order valence-electron chi connectivity index (χ3n) is 6.00. The first-order valence-electron chi connectivity index (χ1n) is 10.5. The van der Waals surface area contributed by atoms with Crippen molar-refractivity contribution in [2.45, 2.75) is 97.9 Å². The van der Waals surface area contributed by atoms with Crippen LogP contribution in [0.5, 0.6) is 0 Å². The summed E-state index contributed by atoms with van der Waals surface area (Å²) >= 11 is 0. The molecule has 0 heterocycles. The summed E-state index contributed by atoms with van der Waals surface area (Å²) in [6.45, 7) is 16.7. The molecule has 0 bridgehead atoms. The Bertz CT molecular complexity index is 655. The largest absolute Gasteiger partial charge is 0.356 e. The van der Waals surface area contributed by atoms with Crippen LogP contribution < -0.4 is 10.6 Å². The van der Waals surface area contributed by atoms with Gasteiger partial charge in [0.1, 0.15) is 0 Å². The predicted octanol–water partition coefficient (Wildman–Crippen LogP) is 4.30. The highest BCUT2D eigenvalue weighted by molar-refractivity contribution is 6.80. The lowest BCUT2D eigenvalue weighted by atomic mass is 9.89. The average molecular weight is 421 g/mol.